The van der Waals surface area contributed by atoms with Crippen molar-refractivity contribution in [2.75, 3.05) is 0 Å². The highest BCUT2D eigenvalue weighted by molar-refractivity contribution is 6.32. The second kappa shape index (κ2) is 2.94. The molecule has 0 aliphatic heterocycles. The van der Waals surface area contributed by atoms with Crippen LogP contribution >= 0.6 is 0 Å². The second-order valence-electron chi connectivity index (χ2n) is 3.49. The van der Waals surface area contributed by atoms with Crippen molar-refractivity contribution in [1.29, 1.82) is 0 Å². The molecule has 1 aromatic rings. The third kappa shape index (κ3) is 1.39. The van der Waals surface area contributed by atoms with Crippen molar-refractivity contribution in [3.63, 3.8) is 0 Å². The molecule has 2 heteroatoms. The van der Waals surface area contributed by atoms with E-state index in [9.17, 15) is 0 Å². The van der Waals surface area contributed by atoms with Crippen LogP contribution in [0.4, 0.5) is 0 Å². The maximum absolute atomic E-state index is 9.11. The number of aliphatic hydroxyl groups excluding tert-OH is 1. The van der Waals surface area contributed by atoms with Gasteiger partial charge in [0, 0.05) is 0 Å². The van der Waals surface area contributed by atoms with Crippen molar-refractivity contribution >= 4 is 13.3 Å². The number of benzene rings is 1. The molecule has 1 fully saturated rings. The number of rotatable bonds is 1. The van der Waals surface area contributed by atoms with Crippen LogP contribution < -0.4 is 5.46 Å². The summed E-state index contributed by atoms with van der Waals surface area (Å²) in [5.74, 6) is 0.556. The SMILES string of the molecule is [B]c1ccc(C2CC(O)C2)cc1. The Hall–Kier alpha value is -0.755. The minimum absolute atomic E-state index is 0.0763. The molecule has 12 heavy (non-hydrogen) atoms. The average Bonchev–Trinajstić information content (AvgIpc) is 2.01. The third-order valence-electron chi connectivity index (χ3n) is 2.52. The molecule has 0 atom stereocenters. The van der Waals surface area contributed by atoms with Crippen LogP contribution in [0.1, 0.15) is 24.3 Å². The van der Waals surface area contributed by atoms with Crippen LogP contribution in [0.15, 0.2) is 24.3 Å². The van der Waals surface area contributed by atoms with Gasteiger partial charge in [-0.05, 0) is 24.3 Å². The summed E-state index contributed by atoms with van der Waals surface area (Å²) in [6.45, 7) is 0. The third-order valence-corrected chi connectivity index (χ3v) is 2.52. The summed E-state index contributed by atoms with van der Waals surface area (Å²) in [6.07, 6.45) is 1.74. The summed E-state index contributed by atoms with van der Waals surface area (Å²) in [7, 11) is 5.56. The summed E-state index contributed by atoms with van der Waals surface area (Å²) in [4.78, 5) is 0. The molecule has 0 aromatic heterocycles. The van der Waals surface area contributed by atoms with Crippen molar-refractivity contribution in [2.45, 2.75) is 24.9 Å². The topological polar surface area (TPSA) is 20.2 Å². The molecule has 1 N–H and O–H groups in total. The zero-order valence-corrected chi connectivity index (χ0v) is 6.90. The molecule has 0 amide bonds. The fraction of sp³-hybridized carbons (Fsp3) is 0.400. The van der Waals surface area contributed by atoms with Crippen molar-refractivity contribution in [3.8, 4) is 0 Å². The minimum atomic E-state index is -0.0763. The number of aliphatic hydroxyl groups is 1. The molecule has 0 heterocycles. The molecule has 2 rings (SSSR count). The fourth-order valence-electron chi connectivity index (χ4n) is 1.63. The van der Waals surface area contributed by atoms with E-state index in [4.69, 9.17) is 13.0 Å². The lowest BCUT2D eigenvalue weighted by molar-refractivity contribution is 0.0746. The van der Waals surface area contributed by atoms with Crippen LogP contribution in [-0.4, -0.2) is 19.1 Å². The Morgan fingerprint density at radius 2 is 1.75 bits per heavy atom. The monoisotopic (exact) mass is 158 g/mol. The van der Waals surface area contributed by atoms with E-state index < -0.39 is 0 Å². The van der Waals surface area contributed by atoms with E-state index >= 15 is 0 Å². The molecular weight excluding hydrogens is 147 g/mol. The zero-order chi connectivity index (χ0) is 8.55. The largest absolute Gasteiger partial charge is 0.393 e. The van der Waals surface area contributed by atoms with Crippen LogP contribution in [-0.2, 0) is 0 Å². The van der Waals surface area contributed by atoms with Gasteiger partial charge < -0.3 is 5.11 Å². The first kappa shape index (κ1) is 7.87. The van der Waals surface area contributed by atoms with E-state index in [0.717, 1.165) is 18.3 Å². The smallest absolute Gasteiger partial charge is 0.113 e. The van der Waals surface area contributed by atoms with E-state index in [2.05, 4.69) is 0 Å². The quantitative estimate of drug-likeness (QED) is 0.597. The molecule has 0 spiro atoms. The van der Waals surface area contributed by atoms with E-state index in [1.165, 1.54) is 5.56 Å². The Kier molecular flexibility index (Phi) is 1.93. The predicted molar refractivity (Wildman–Crippen MR) is 49.8 cm³/mol. The lowest BCUT2D eigenvalue weighted by atomic mass is 9.77. The Morgan fingerprint density at radius 3 is 2.25 bits per heavy atom. The second-order valence-corrected chi connectivity index (χ2v) is 3.49. The van der Waals surface area contributed by atoms with Crippen molar-refractivity contribution in [3.05, 3.63) is 29.8 Å². The molecule has 0 unspecified atom stereocenters. The average molecular weight is 158 g/mol. The van der Waals surface area contributed by atoms with Gasteiger partial charge in [-0.15, -0.1) is 0 Å². The summed E-state index contributed by atoms with van der Waals surface area (Å²) in [5.41, 5.74) is 2.10. The summed E-state index contributed by atoms with van der Waals surface area (Å²) in [6, 6.07) is 7.93. The molecule has 1 aliphatic carbocycles. The van der Waals surface area contributed by atoms with E-state index in [1.54, 1.807) is 0 Å². The van der Waals surface area contributed by atoms with Crippen LogP contribution in [0.25, 0.3) is 0 Å². The highest BCUT2D eigenvalue weighted by Gasteiger charge is 2.27. The van der Waals surface area contributed by atoms with Gasteiger partial charge in [-0.3, -0.25) is 0 Å². The molecule has 60 valence electrons. The van der Waals surface area contributed by atoms with Crippen LogP contribution in [0.3, 0.4) is 0 Å². The highest BCUT2D eigenvalue weighted by atomic mass is 16.3. The van der Waals surface area contributed by atoms with Gasteiger partial charge in [0.25, 0.3) is 0 Å². The molecule has 1 nitrogen and oxygen atoms in total. The maximum Gasteiger partial charge on any atom is 0.113 e. The minimum Gasteiger partial charge on any atom is -0.393 e. The summed E-state index contributed by atoms with van der Waals surface area (Å²) >= 11 is 0. The molecule has 0 saturated heterocycles. The molecule has 2 radical (unpaired) electrons. The summed E-state index contributed by atoms with van der Waals surface area (Å²) in [5, 5.41) is 9.11. The zero-order valence-electron chi connectivity index (χ0n) is 6.90. The van der Waals surface area contributed by atoms with Crippen LogP contribution in [0.2, 0.25) is 0 Å². The normalized spacial score (nSPS) is 28.1. The van der Waals surface area contributed by atoms with Crippen molar-refractivity contribution < 1.29 is 5.11 Å². The van der Waals surface area contributed by atoms with E-state index in [1.807, 2.05) is 24.3 Å². The number of hydrogen-bond acceptors (Lipinski definition) is 1. The van der Waals surface area contributed by atoms with Gasteiger partial charge in [-0.2, -0.15) is 0 Å². The highest BCUT2D eigenvalue weighted by Crippen LogP contribution is 2.36. The predicted octanol–water partition coefficient (Wildman–Crippen LogP) is 0.719. The van der Waals surface area contributed by atoms with Crippen LogP contribution in [0.5, 0.6) is 0 Å². The fourth-order valence-corrected chi connectivity index (χ4v) is 1.63. The van der Waals surface area contributed by atoms with Gasteiger partial charge in [0.1, 0.15) is 7.85 Å². The Bertz CT molecular complexity index is 262. The van der Waals surface area contributed by atoms with Gasteiger partial charge in [0.2, 0.25) is 0 Å². The van der Waals surface area contributed by atoms with E-state index in [-0.39, 0.29) is 6.10 Å². The standard InChI is InChI=1S/C10H11BO/c11-9-3-1-7(2-4-9)8-5-10(12)6-8/h1-4,8,10,12H,5-6H2. The van der Waals surface area contributed by atoms with Crippen molar-refractivity contribution in [1.82, 2.24) is 0 Å². The first-order valence-corrected chi connectivity index (χ1v) is 4.29. The van der Waals surface area contributed by atoms with E-state index in [0.29, 0.717) is 5.92 Å². The molecular formula is C10H11BO. The van der Waals surface area contributed by atoms with Gasteiger partial charge in [-0.25, -0.2) is 0 Å². The van der Waals surface area contributed by atoms with Gasteiger partial charge >= 0.3 is 0 Å². The first-order valence-electron chi connectivity index (χ1n) is 4.29. The summed E-state index contributed by atoms with van der Waals surface area (Å²) < 4.78 is 0. The Morgan fingerprint density at radius 1 is 1.17 bits per heavy atom. The van der Waals surface area contributed by atoms with Crippen molar-refractivity contribution in [2.24, 2.45) is 0 Å². The lowest BCUT2D eigenvalue weighted by Crippen LogP contribution is -2.26. The Labute approximate surface area is 73.8 Å². The molecule has 0 bridgehead atoms. The molecule has 1 saturated carbocycles. The lowest BCUT2D eigenvalue weighted by Gasteiger charge is -2.31. The first-order chi connectivity index (χ1) is 5.75. The van der Waals surface area contributed by atoms with Gasteiger partial charge in [-0.1, -0.05) is 29.7 Å². The Balaban J connectivity index is 2.09. The molecule has 1 aliphatic rings. The molecule has 1 aromatic carbocycles. The van der Waals surface area contributed by atoms with Gasteiger partial charge in [0.05, 0.1) is 6.10 Å². The van der Waals surface area contributed by atoms with Crippen LogP contribution in [0, 0.1) is 0 Å². The van der Waals surface area contributed by atoms with Gasteiger partial charge in [0.15, 0.2) is 0 Å². The maximum atomic E-state index is 9.11. The number of hydrogen-bond donors (Lipinski definition) is 1.